The summed E-state index contributed by atoms with van der Waals surface area (Å²) in [6.45, 7) is 0. The first-order chi connectivity index (χ1) is 8.70. The lowest BCUT2D eigenvalue weighted by Crippen LogP contribution is -2.04. The fraction of sp³-hybridized carbons (Fsp3) is 0.154. The predicted molar refractivity (Wildman–Crippen MR) is 67.9 cm³/mol. The molecule has 0 bridgehead atoms. The van der Waals surface area contributed by atoms with Gasteiger partial charge in [-0.25, -0.2) is 0 Å². The first kappa shape index (κ1) is 10.7. The quantitative estimate of drug-likeness (QED) is 0.591. The van der Waals surface area contributed by atoms with E-state index in [0.29, 0.717) is 17.7 Å². The van der Waals surface area contributed by atoms with E-state index in [1.54, 1.807) is 25.3 Å². The van der Waals surface area contributed by atoms with Crippen LogP contribution in [0.1, 0.15) is 12.0 Å². The average Bonchev–Trinajstić information content (AvgIpc) is 2.75. The average molecular weight is 242 g/mol. The van der Waals surface area contributed by atoms with Gasteiger partial charge in [-0.15, -0.1) is 0 Å². The van der Waals surface area contributed by atoms with Gasteiger partial charge in [0.25, 0.3) is 5.69 Å². The van der Waals surface area contributed by atoms with Crippen LogP contribution in [0.3, 0.4) is 0 Å². The fourth-order valence-corrected chi connectivity index (χ4v) is 2.25. The molecule has 0 unspecified atom stereocenters. The molecule has 1 aromatic carbocycles. The molecular weight excluding hydrogens is 232 g/mol. The molecule has 5 nitrogen and oxygen atoms in total. The van der Waals surface area contributed by atoms with E-state index >= 15 is 0 Å². The normalized spacial score (nSPS) is 16.2. The Balaban J connectivity index is 2.21. The molecule has 90 valence electrons. The highest BCUT2D eigenvalue weighted by Crippen LogP contribution is 2.43. The summed E-state index contributed by atoms with van der Waals surface area (Å²) in [6.07, 6.45) is 4.36. The minimum absolute atomic E-state index is 0.0925. The lowest BCUT2D eigenvalue weighted by atomic mass is 9.95. The lowest BCUT2D eigenvalue weighted by Gasteiger charge is -2.11. The Morgan fingerprint density at radius 2 is 2.28 bits per heavy atom. The molecule has 18 heavy (non-hydrogen) atoms. The Morgan fingerprint density at radius 3 is 3.00 bits per heavy atom. The third-order valence-corrected chi connectivity index (χ3v) is 3.07. The second kappa shape index (κ2) is 3.80. The summed E-state index contributed by atoms with van der Waals surface area (Å²) in [7, 11) is 1.58. The summed E-state index contributed by atoms with van der Waals surface area (Å²) in [5, 5.41) is 11.1. The molecule has 1 aliphatic heterocycles. The van der Waals surface area contributed by atoms with Crippen LogP contribution in [0, 0.1) is 10.1 Å². The van der Waals surface area contributed by atoms with Crippen molar-refractivity contribution >= 4 is 22.7 Å². The van der Waals surface area contributed by atoms with Crippen LogP contribution in [0.2, 0.25) is 0 Å². The highest BCUT2D eigenvalue weighted by molar-refractivity contribution is 6.31. The number of fused-ring (bicyclic) bond motifs is 3. The first-order valence-electron chi connectivity index (χ1n) is 5.52. The summed E-state index contributed by atoms with van der Waals surface area (Å²) in [5.41, 5.74) is 3.02. The van der Waals surface area contributed by atoms with Gasteiger partial charge in [0, 0.05) is 18.1 Å². The van der Waals surface area contributed by atoms with Crippen molar-refractivity contribution in [2.24, 2.45) is 4.99 Å². The molecule has 0 fully saturated rings. The predicted octanol–water partition coefficient (Wildman–Crippen LogP) is 3.00. The standard InChI is InChI=1S/C13H10N2O3/c1-18-8-5-6-10-9(7-8)13-11(14-10)3-2-4-12(13)15(16)17/h2-5,7H,6H2,1H3. The lowest BCUT2D eigenvalue weighted by molar-refractivity contribution is -0.385. The van der Waals surface area contributed by atoms with Crippen molar-refractivity contribution < 1.29 is 9.66 Å². The van der Waals surface area contributed by atoms with Gasteiger partial charge >= 0.3 is 0 Å². The van der Waals surface area contributed by atoms with Crippen LogP contribution in [0.25, 0.3) is 5.57 Å². The first-order valence-corrected chi connectivity index (χ1v) is 5.52. The van der Waals surface area contributed by atoms with E-state index < -0.39 is 0 Å². The second-order valence-corrected chi connectivity index (χ2v) is 4.06. The summed E-state index contributed by atoms with van der Waals surface area (Å²) in [6, 6.07) is 4.95. The Labute approximate surface area is 103 Å². The summed E-state index contributed by atoms with van der Waals surface area (Å²) in [5.74, 6) is 0.718. The number of hydrogen-bond donors (Lipinski definition) is 0. The maximum atomic E-state index is 11.1. The van der Waals surface area contributed by atoms with E-state index in [-0.39, 0.29) is 10.6 Å². The van der Waals surface area contributed by atoms with Crippen LogP contribution < -0.4 is 0 Å². The Hall–Kier alpha value is -2.43. The van der Waals surface area contributed by atoms with E-state index in [9.17, 15) is 10.1 Å². The maximum Gasteiger partial charge on any atom is 0.279 e. The van der Waals surface area contributed by atoms with Crippen molar-refractivity contribution in [2.45, 2.75) is 6.42 Å². The van der Waals surface area contributed by atoms with Crippen LogP contribution in [-0.4, -0.2) is 17.7 Å². The van der Waals surface area contributed by atoms with Crippen molar-refractivity contribution in [1.82, 2.24) is 0 Å². The summed E-state index contributed by atoms with van der Waals surface area (Å²) < 4.78 is 5.17. The van der Waals surface area contributed by atoms with Crippen molar-refractivity contribution in [3.05, 3.63) is 51.8 Å². The minimum atomic E-state index is -0.372. The second-order valence-electron chi connectivity index (χ2n) is 4.06. The van der Waals surface area contributed by atoms with Crippen LogP contribution in [0.4, 0.5) is 11.4 Å². The zero-order valence-corrected chi connectivity index (χ0v) is 9.71. The molecule has 1 aromatic rings. The highest BCUT2D eigenvalue weighted by atomic mass is 16.6. The molecule has 0 saturated heterocycles. The Kier molecular flexibility index (Phi) is 2.26. The van der Waals surface area contributed by atoms with Crippen LogP contribution in [0.15, 0.2) is 41.1 Å². The van der Waals surface area contributed by atoms with Gasteiger partial charge in [0.15, 0.2) is 0 Å². The van der Waals surface area contributed by atoms with Gasteiger partial charge in [-0.05, 0) is 18.2 Å². The molecule has 0 radical (unpaired) electrons. The van der Waals surface area contributed by atoms with E-state index in [1.807, 2.05) is 6.08 Å². The van der Waals surface area contributed by atoms with Gasteiger partial charge < -0.3 is 4.74 Å². The molecule has 0 atom stereocenters. The van der Waals surface area contributed by atoms with Crippen LogP contribution in [-0.2, 0) is 4.74 Å². The van der Waals surface area contributed by atoms with Gasteiger partial charge in [-0.1, -0.05) is 6.07 Å². The molecule has 0 saturated carbocycles. The van der Waals surface area contributed by atoms with E-state index in [1.165, 1.54) is 6.07 Å². The van der Waals surface area contributed by atoms with Gasteiger partial charge in [-0.2, -0.15) is 0 Å². The molecule has 0 spiro atoms. The molecular formula is C13H10N2O3. The highest BCUT2D eigenvalue weighted by Gasteiger charge is 2.30. The number of methoxy groups -OCH3 is 1. The maximum absolute atomic E-state index is 11.1. The fourth-order valence-electron chi connectivity index (χ4n) is 2.25. The third-order valence-electron chi connectivity index (χ3n) is 3.07. The van der Waals surface area contributed by atoms with Gasteiger partial charge in [0.05, 0.1) is 29.0 Å². The van der Waals surface area contributed by atoms with Crippen molar-refractivity contribution in [3.63, 3.8) is 0 Å². The smallest absolute Gasteiger partial charge is 0.279 e. The molecule has 2 aliphatic rings. The molecule has 0 N–H and O–H groups in total. The summed E-state index contributed by atoms with van der Waals surface area (Å²) in [4.78, 5) is 15.1. The van der Waals surface area contributed by atoms with Gasteiger partial charge in [0.2, 0.25) is 0 Å². The Bertz CT molecular complexity index is 642. The number of rotatable bonds is 2. The molecule has 0 amide bonds. The van der Waals surface area contributed by atoms with Crippen molar-refractivity contribution in [2.75, 3.05) is 7.11 Å². The molecule has 1 aliphatic carbocycles. The zero-order chi connectivity index (χ0) is 12.7. The number of nitrogens with zero attached hydrogens (tertiary/aromatic N) is 2. The topological polar surface area (TPSA) is 64.7 Å². The minimum Gasteiger partial charge on any atom is -0.497 e. The van der Waals surface area contributed by atoms with Crippen LogP contribution in [0.5, 0.6) is 0 Å². The van der Waals surface area contributed by atoms with E-state index in [4.69, 9.17) is 4.74 Å². The van der Waals surface area contributed by atoms with Gasteiger partial charge in [0.1, 0.15) is 5.76 Å². The number of hydrogen-bond acceptors (Lipinski definition) is 4. The molecule has 5 heteroatoms. The summed E-state index contributed by atoms with van der Waals surface area (Å²) >= 11 is 0. The number of ether oxygens (including phenoxy) is 1. The molecule has 0 aromatic heterocycles. The Morgan fingerprint density at radius 1 is 1.44 bits per heavy atom. The third kappa shape index (κ3) is 1.44. The van der Waals surface area contributed by atoms with E-state index in [0.717, 1.165) is 17.0 Å². The van der Waals surface area contributed by atoms with Crippen molar-refractivity contribution in [3.8, 4) is 0 Å². The number of nitro benzene ring substituents is 1. The number of aliphatic imine (C=N–C) groups is 1. The SMILES string of the molecule is COC1=CCC2=Nc3cccc([N+](=O)[O-])c3C2=C1. The van der Waals surface area contributed by atoms with Crippen LogP contribution >= 0.6 is 0 Å². The molecule has 1 heterocycles. The van der Waals surface area contributed by atoms with E-state index in [2.05, 4.69) is 4.99 Å². The number of nitro groups is 1. The van der Waals surface area contributed by atoms with Gasteiger partial charge in [-0.3, -0.25) is 15.1 Å². The van der Waals surface area contributed by atoms with Crippen molar-refractivity contribution in [1.29, 1.82) is 0 Å². The zero-order valence-electron chi connectivity index (χ0n) is 9.71. The number of allylic oxidation sites excluding steroid dienone is 3. The molecule has 3 rings (SSSR count). The largest absolute Gasteiger partial charge is 0.497 e. The number of benzene rings is 1. The monoisotopic (exact) mass is 242 g/mol.